The van der Waals surface area contributed by atoms with Crippen molar-refractivity contribution in [3.63, 3.8) is 0 Å². The van der Waals surface area contributed by atoms with Gasteiger partial charge in [-0.25, -0.2) is 0 Å². The Morgan fingerprint density at radius 2 is 1.83 bits per heavy atom. The van der Waals surface area contributed by atoms with Crippen molar-refractivity contribution in [2.45, 2.75) is 26.3 Å². The molecular weight excluding hydrogens is 310 g/mol. The largest absolute Gasteiger partial charge is 0.383 e. The Hall–Kier alpha value is -2.41. The normalized spacial score (nSPS) is 18.4. The fraction of sp³-hybridized carbons (Fsp3) is 0.471. The maximum atomic E-state index is 12.4. The number of likely N-dealkylation sites (tertiary alicyclic amines) is 1. The zero-order valence-electron chi connectivity index (χ0n) is 14.2. The van der Waals surface area contributed by atoms with Crippen LogP contribution in [0.25, 0.3) is 0 Å². The highest BCUT2D eigenvalue weighted by molar-refractivity contribution is 5.97. The molecule has 2 N–H and O–H groups in total. The molecule has 1 saturated heterocycles. The van der Waals surface area contributed by atoms with E-state index < -0.39 is 0 Å². The summed E-state index contributed by atoms with van der Waals surface area (Å²) < 4.78 is 5.07. The first-order chi connectivity index (χ1) is 11.4. The van der Waals surface area contributed by atoms with Gasteiger partial charge < -0.3 is 20.3 Å². The predicted molar refractivity (Wildman–Crippen MR) is 90.5 cm³/mol. The number of nitrogens with one attached hydrogen (secondary N) is 2. The number of benzene rings is 1. The van der Waals surface area contributed by atoms with Crippen molar-refractivity contribution in [2.24, 2.45) is 5.92 Å². The second-order valence-electron chi connectivity index (χ2n) is 6.00. The molecule has 1 fully saturated rings. The van der Waals surface area contributed by atoms with Crippen LogP contribution < -0.4 is 10.6 Å². The van der Waals surface area contributed by atoms with Crippen LogP contribution in [0, 0.1) is 5.92 Å². The highest BCUT2D eigenvalue weighted by atomic mass is 16.5. The van der Waals surface area contributed by atoms with Gasteiger partial charge in [0.25, 0.3) is 0 Å². The summed E-state index contributed by atoms with van der Waals surface area (Å²) in [5, 5.41) is 5.48. The van der Waals surface area contributed by atoms with Crippen LogP contribution in [0.3, 0.4) is 0 Å². The third kappa shape index (κ3) is 4.55. The fourth-order valence-electron chi connectivity index (χ4n) is 2.75. The summed E-state index contributed by atoms with van der Waals surface area (Å²) in [6.07, 6.45) is 0.212. The molecule has 1 aromatic carbocycles. The third-order valence-corrected chi connectivity index (χ3v) is 3.94. The molecule has 7 nitrogen and oxygen atoms in total. The number of rotatable bonds is 6. The Morgan fingerprint density at radius 1 is 1.25 bits per heavy atom. The Bertz CT molecular complexity index is 615. The predicted octanol–water partition coefficient (Wildman–Crippen LogP) is 1.47. The zero-order valence-corrected chi connectivity index (χ0v) is 14.2. The molecule has 1 aliphatic rings. The second-order valence-corrected chi connectivity index (χ2v) is 6.00. The Balaban J connectivity index is 1.93. The molecule has 0 aliphatic carbocycles. The quantitative estimate of drug-likeness (QED) is 0.825. The number of hydrogen-bond donors (Lipinski definition) is 2. The monoisotopic (exact) mass is 333 g/mol. The van der Waals surface area contributed by atoms with Gasteiger partial charge in [-0.05, 0) is 31.2 Å². The summed E-state index contributed by atoms with van der Waals surface area (Å²) in [6, 6.07) is 6.81. The third-order valence-electron chi connectivity index (χ3n) is 3.94. The number of amides is 3. The van der Waals surface area contributed by atoms with E-state index in [0.29, 0.717) is 24.5 Å². The molecular formula is C17H23N3O4. The number of carbonyl (C=O) groups excluding carboxylic acids is 3. The van der Waals surface area contributed by atoms with Crippen molar-refractivity contribution in [3.8, 4) is 0 Å². The highest BCUT2D eigenvalue weighted by Crippen LogP contribution is 2.22. The molecule has 0 aromatic heterocycles. The lowest BCUT2D eigenvalue weighted by Gasteiger charge is -2.23. The van der Waals surface area contributed by atoms with Crippen LogP contribution in [0.4, 0.5) is 11.4 Å². The van der Waals surface area contributed by atoms with E-state index >= 15 is 0 Å². The van der Waals surface area contributed by atoms with Crippen molar-refractivity contribution in [1.29, 1.82) is 0 Å². The highest BCUT2D eigenvalue weighted by Gasteiger charge is 2.36. The lowest BCUT2D eigenvalue weighted by atomic mass is 10.1. The van der Waals surface area contributed by atoms with Crippen LogP contribution in [-0.4, -0.2) is 48.9 Å². The van der Waals surface area contributed by atoms with E-state index in [9.17, 15) is 14.4 Å². The van der Waals surface area contributed by atoms with Crippen molar-refractivity contribution < 1.29 is 19.1 Å². The van der Waals surface area contributed by atoms with Crippen LogP contribution in [0.15, 0.2) is 24.3 Å². The van der Waals surface area contributed by atoms with Gasteiger partial charge in [0.1, 0.15) is 0 Å². The number of carbonyl (C=O) groups is 3. The van der Waals surface area contributed by atoms with E-state index in [1.54, 1.807) is 36.3 Å². The first-order valence-corrected chi connectivity index (χ1v) is 7.87. The van der Waals surface area contributed by atoms with Gasteiger partial charge in [0.05, 0.1) is 18.6 Å². The van der Waals surface area contributed by atoms with Crippen molar-refractivity contribution in [2.75, 3.05) is 30.9 Å². The molecule has 3 amide bonds. The lowest BCUT2D eigenvalue weighted by Crippen LogP contribution is -2.38. The topological polar surface area (TPSA) is 87.7 Å². The Morgan fingerprint density at radius 3 is 2.38 bits per heavy atom. The molecule has 2 atom stereocenters. The van der Waals surface area contributed by atoms with Gasteiger partial charge in [-0.15, -0.1) is 0 Å². The smallest absolute Gasteiger partial charge is 0.229 e. The van der Waals surface area contributed by atoms with Crippen LogP contribution in [-0.2, 0) is 19.1 Å². The molecule has 0 unspecified atom stereocenters. The van der Waals surface area contributed by atoms with Gasteiger partial charge in [-0.1, -0.05) is 0 Å². The van der Waals surface area contributed by atoms with Gasteiger partial charge >= 0.3 is 0 Å². The minimum atomic E-state index is -0.369. The molecule has 130 valence electrons. The summed E-state index contributed by atoms with van der Waals surface area (Å²) in [7, 11) is 1.59. The van der Waals surface area contributed by atoms with E-state index in [-0.39, 0.29) is 36.1 Å². The average molecular weight is 333 g/mol. The number of nitrogens with zero attached hydrogens (tertiary/aromatic N) is 1. The van der Waals surface area contributed by atoms with Crippen LogP contribution in [0.1, 0.15) is 20.3 Å². The maximum Gasteiger partial charge on any atom is 0.229 e. The summed E-state index contributed by atoms with van der Waals surface area (Å²) >= 11 is 0. The molecule has 1 aliphatic heterocycles. The average Bonchev–Trinajstić information content (AvgIpc) is 2.91. The molecule has 1 aromatic rings. The summed E-state index contributed by atoms with van der Waals surface area (Å²) in [4.78, 5) is 37.1. The maximum absolute atomic E-state index is 12.4. The minimum absolute atomic E-state index is 0.0271. The zero-order chi connectivity index (χ0) is 17.7. The lowest BCUT2D eigenvalue weighted by molar-refractivity contribution is -0.130. The molecule has 2 rings (SSSR count). The van der Waals surface area contributed by atoms with Gasteiger partial charge in [0.15, 0.2) is 0 Å². The molecule has 24 heavy (non-hydrogen) atoms. The van der Waals surface area contributed by atoms with Crippen LogP contribution in [0.2, 0.25) is 0 Å². The van der Waals surface area contributed by atoms with Crippen LogP contribution >= 0.6 is 0 Å². The summed E-state index contributed by atoms with van der Waals surface area (Å²) in [6.45, 7) is 4.19. The SMILES string of the molecule is COC[C@@H](C)N1C[C@@H](C(=O)Nc2ccc(NC(C)=O)cc2)CC1=O. The number of anilines is 2. The fourth-order valence-corrected chi connectivity index (χ4v) is 2.75. The van der Waals surface area contributed by atoms with Crippen LogP contribution in [0.5, 0.6) is 0 Å². The van der Waals surface area contributed by atoms with Gasteiger partial charge in [-0.3, -0.25) is 14.4 Å². The molecule has 0 saturated carbocycles. The minimum Gasteiger partial charge on any atom is -0.383 e. The summed E-state index contributed by atoms with van der Waals surface area (Å²) in [5.74, 6) is -0.725. The second kappa shape index (κ2) is 7.92. The number of methoxy groups -OCH3 is 1. The molecule has 0 spiro atoms. The van der Waals surface area contributed by atoms with E-state index in [0.717, 1.165) is 0 Å². The Kier molecular flexibility index (Phi) is 5.92. The first kappa shape index (κ1) is 17.9. The molecule has 1 heterocycles. The van der Waals surface area contributed by atoms with E-state index in [2.05, 4.69) is 10.6 Å². The Labute approximate surface area is 141 Å². The van der Waals surface area contributed by atoms with E-state index in [1.165, 1.54) is 6.92 Å². The first-order valence-electron chi connectivity index (χ1n) is 7.87. The number of hydrogen-bond acceptors (Lipinski definition) is 4. The van der Waals surface area contributed by atoms with E-state index in [1.807, 2.05) is 6.92 Å². The van der Waals surface area contributed by atoms with Gasteiger partial charge in [-0.2, -0.15) is 0 Å². The van der Waals surface area contributed by atoms with Crippen molar-refractivity contribution in [1.82, 2.24) is 4.90 Å². The van der Waals surface area contributed by atoms with E-state index in [4.69, 9.17) is 4.74 Å². The number of ether oxygens (including phenoxy) is 1. The van der Waals surface area contributed by atoms with Gasteiger partial charge in [0.2, 0.25) is 17.7 Å². The molecule has 0 radical (unpaired) electrons. The molecule has 0 bridgehead atoms. The van der Waals surface area contributed by atoms with Crippen molar-refractivity contribution >= 4 is 29.1 Å². The summed E-state index contributed by atoms with van der Waals surface area (Å²) in [5.41, 5.74) is 1.29. The standard InChI is InChI=1S/C17H23N3O4/c1-11(10-24-3)20-9-13(8-16(20)22)17(23)19-15-6-4-14(5-7-15)18-12(2)21/h4-7,11,13H,8-10H2,1-3H3,(H,18,21)(H,19,23)/t11-,13+/m1/s1. The molecule has 7 heteroatoms. The van der Waals surface area contributed by atoms with Gasteiger partial charge in [0, 0.05) is 38.4 Å². The van der Waals surface area contributed by atoms with Crippen molar-refractivity contribution in [3.05, 3.63) is 24.3 Å².